The maximum Gasteiger partial charge on any atom is 0.238 e. The number of nitrogens with zero attached hydrogens (tertiary/aromatic N) is 2. The van der Waals surface area contributed by atoms with Gasteiger partial charge in [-0.3, -0.25) is 9.69 Å². The fourth-order valence-corrected chi connectivity index (χ4v) is 5.29. The van der Waals surface area contributed by atoms with Crippen LogP contribution in [-0.2, 0) is 20.6 Å². The second kappa shape index (κ2) is 8.95. The van der Waals surface area contributed by atoms with Crippen molar-refractivity contribution in [2.45, 2.75) is 5.75 Å². The standard InChI is InChI=1S/C23H25N3O3S/c27-23(24-22-12-6-10-20-9-4-5-11-21(20)22)17-25-13-15-26(16-14-25)30(28,29)18-19-7-2-1-3-8-19/h1-12H,13-18H2,(H,24,27). The minimum absolute atomic E-state index is 0.00933. The first-order chi connectivity index (χ1) is 14.5. The summed E-state index contributed by atoms with van der Waals surface area (Å²) in [6.07, 6.45) is 0. The van der Waals surface area contributed by atoms with Crippen LogP contribution in [0.15, 0.2) is 72.8 Å². The van der Waals surface area contributed by atoms with Crippen LogP contribution in [0.2, 0.25) is 0 Å². The molecule has 1 fully saturated rings. The van der Waals surface area contributed by atoms with Crippen molar-refractivity contribution in [3.05, 3.63) is 78.4 Å². The normalized spacial score (nSPS) is 15.9. The Morgan fingerprint density at radius 3 is 2.27 bits per heavy atom. The highest BCUT2D eigenvalue weighted by atomic mass is 32.2. The molecule has 3 aromatic carbocycles. The number of sulfonamides is 1. The molecule has 1 heterocycles. The van der Waals surface area contributed by atoms with E-state index in [0.29, 0.717) is 26.2 Å². The number of amides is 1. The fourth-order valence-electron chi connectivity index (χ4n) is 3.77. The minimum Gasteiger partial charge on any atom is -0.324 e. The molecule has 7 heteroatoms. The molecule has 0 bridgehead atoms. The van der Waals surface area contributed by atoms with Gasteiger partial charge in [-0.25, -0.2) is 8.42 Å². The van der Waals surface area contributed by atoms with Crippen molar-refractivity contribution in [1.29, 1.82) is 0 Å². The van der Waals surface area contributed by atoms with Gasteiger partial charge < -0.3 is 5.32 Å². The Labute approximate surface area is 177 Å². The van der Waals surface area contributed by atoms with Gasteiger partial charge in [0.1, 0.15) is 0 Å². The summed E-state index contributed by atoms with van der Waals surface area (Å²) in [6.45, 7) is 2.12. The SMILES string of the molecule is O=C(CN1CCN(S(=O)(=O)Cc2ccccc2)CC1)Nc1cccc2ccccc12. The summed E-state index contributed by atoms with van der Waals surface area (Å²) in [4.78, 5) is 14.6. The Bertz CT molecular complexity index is 1120. The molecule has 0 radical (unpaired) electrons. The minimum atomic E-state index is -3.36. The third-order valence-electron chi connectivity index (χ3n) is 5.35. The largest absolute Gasteiger partial charge is 0.324 e. The summed E-state index contributed by atoms with van der Waals surface area (Å²) >= 11 is 0. The molecule has 1 amide bonds. The number of hydrogen-bond acceptors (Lipinski definition) is 4. The first-order valence-electron chi connectivity index (χ1n) is 10.0. The average molecular weight is 424 g/mol. The third-order valence-corrected chi connectivity index (χ3v) is 7.20. The van der Waals surface area contributed by atoms with E-state index in [2.05, 4.69) is 5.32 Å². The van der Waals surface area contributed by atoms with Gasteiger partial charge in [-0.1, -0.05) is 66.7 Å². The zero-order chi connectivity index (χ0) is 21.0. The van der Waals surface area contributed by atoms with Crippen molar-refractivity contribution in [2.24, 2.45) is 0 Å². The van der Waals surface area contributed by atoms with Gasteiger partial charge in [-0.15, -0.1) is 0 Å². The molecule has 0 spiro atoms. The van der Waals surface area contributed by atoms with E-state index in [1.54, 1.807) is 0 Å². The molecule has 0 unspecified atom stereocenters. The number of benzene rings is 3. The number of rotatable bonds is 6. The lowest BCUT2D eigenvalue weighted by molar-refractivity contribution is -0.117. The van der Waals surface area contributed by atoms with E-state index in [1.807, 2.05) is 77.7 Å². The van der Waals surface area contributed by atoms with Crippen LogP contribution in [0.1, 0.15) is 5.56 Å². The Morgan fingerprint density at radius 2 is 1.50 bits per heavy atom. The van der Waals surface area contributed by atoms with Crippen LogP contribution in [0.4, 0.5) is 5.69 Å². The number of carbonyl (C=O) groups excluding carboxylic acids is 1. The number of piperazine rings is 1. The Hall–Kier alpha value is -2.74. The predicted octanol–water partition coefficient (Wildman–Crippen LogP) is 2.93. The highest BCUT2D eigenvalue weighted by molar-refractivity contribution is 7.88. The van der Waals surface area contributed by atoms with Gasteiger partial charge in [-0.2, -0.15) is 4.31 Å². The molecule has 0 saturated carbocycles. The van der Waals surface area contributed by atoms with Crippen LogP contribution in [0.25, 0.3) is 10.8 Å². The number of hydrogen-bond donors (Lipinski definition) is 1. The van der Waals surface area contributed by atoms with Crippen molar-refractivity contribution < 1.29 is 13.2 Å². The molecule has 1 aliphatic rings. The van der Waals surface area contributed by atoms with Gasteiger partial charge in [0.25, 0.3) is 0 Å². The molecule has 0 aliphatic carbocycles. The maximum atomic E-state index is 12.7. The zero-order valence-electron chi connectivity index (χ0n) is 16.7. The van der Waals surface area contributed by atoms with Gasteiger partial charge in [0, 0.05) is 37.3 Å². The lowest BCUT2D eigenvalue weighted by Gasteiger charge is -2.33. The molecule has 1 aliphatic heterocycles. The predicted molar refractivity (Wildman–Crippen MR) is 120 cm³/mol. The molecular weight excluding hydrogens is 398 g/mol. The summed E-state index contributed by atoms with van der Waals surface area (Å²) in [5.41, 5.74) is 1.58. The molecule has 1 N–H and O–H groups in total. The van der Waals surface area contributed by atoms with Crippen molar-refractivity contribution in [1.82, 2.24) is 9.21 Å². The van der Waals surface area contributed by atoms with E-state index in [-0.39, 0.29) is 18.2 Å². The van der Waals surface area contributed by atoms with Crippen LogP contribution in [0, 0.1) is 0 Å². The Kier molecular flexibility index (Phi) is 6.13. The summed E-state index contributed by atoms with van der Waals surface area (Å²) in [7, 11) is -3.36. The average Bonchev–Trinajstić information content (AvgIpc) is 2.75. The number of carbonyl (C=O) groups is 1. The Balaban J connectivity index is 1.32. The maximum absolute atomic E-state index is 12.7. The van der Waals surface area contributed by atoms with Crippen LogP contribution in [0.3, 0.4) is 0 Å². The second-order valence-electron chi connectivity index (χ2n) is 7.49. The molecule has 1 saturated heterocycles. The number of anilines is 1. The van der Waals surface area contributed by atoms with Gasteiger partial charge in [0.05, 0.1) is 12.3 Å². The summed E-state index contributed by atoms with van der Waals surface area (Å²) in [5, 5.41) is 5.08. The molecule has 30 heavy (non-hydrogen) atoms. The van der Waals surface area contributed by atoms with Crippen LogP contribution >= 0.6 is 0 Å². The molecule has 0 atom stereocenters. The number of nitrogens with one attached hydrogen (secondary N) is 1. The summed E-state index contributed by atoms with van der Waals surface area (Å²) < 4.78 is 26.9. The van der Waals surface area contributed by atoms with Crippen LogP contribution < -0.4 is 5.32 Å². The van der Waals surface area contributed by atoms with E-state index < -0.39 is 10.0 Å². The van der Waals surface area contributed by atoms with Gasteiger partial charge in [-0.05, 0) is 17.0 Å². The van der Waals surface area contributed by atoms with Crippen LogP contribution in [0.5, 0.6) is 0 Å². The van der Waals surface area contributed by atoms with E-state index in [0.717, 1.165) is 22.0 Å². The molecule has 6 nitrogen and oxygen atoms in total. The number of fused-ring (bicyclic) bond motifs is 1. The van der Waals surface area contributed by atoms with Crippen LogP contribution in [-0.4, -0.2) is 56.3 Å². The van der Waals surface area contributed by atoms with Gasteiger partial charge in [0.15, 0.2) is 0 Å². The van der Waals surface area contributed by atoms with Crippen molar-refractivity contribution in [3.63, 3.8) is 0 Å². The smallest absolute Gasteiger partial charge is 0.238 e. The summed E-state index contributed by atoms with van der Waals surface area (Å²) in [6, 6.07) is 23.0. The quantitative estimate of drug-likeness (QED) is 0.662. The molecule has 0 aromatic heterocycles. The van der Waals surface area contributed by atoms with Gasteiger partial charge in [0.2, 0.25) is 15.9 Å². The zero-order valence-corrected chi connectivity index (χ0v) is 17.5. The molecule has 4 rings (SSSR count). The third kappa shape index (κ3) is 4.87. The first kappa shape index (κ1) is 20.5. The molecule has 156 valence electrons. The van der Waals surface area contributed by atoms with Gasteiger partial charge >= 0.3 is 0 Å². The van der Waals surface area contributed by atoms with E-state index >= 15 is 0 Å². The lowest BCUT2D eigenvalue weighted by Crippen LogP contribution is -2.50. The molecule has 3 aromatic rings. The van der Waals surface area contributed by atoms with E-state index in [4.69, 9.17) is 0 Å². The topological polar surface area (TPSA) is 69.7 Å². The lowest BCUT2D eigenvalue weighted by atomic mass is 10.1. The monoisotopic (exact) mass is 423 g/mol. The van der Waals surface area contributed by atoms with E-state index in [9.17, 15) is 13.2 Å². The Morgan fingerprint density at radius 1 is 0.833 bits per heavy atom. The van der Waals surface area contributed by atoms with Crippen molar-refractivity contribution >= 4 is 32.4 Å². The highest BCUT2D eigenvalue weighted by Gasteiger charge is 2.27. The second-order valence-corrected chi connectivity index (χ2v) is 9.46. The highest BCUT2D eigenvalue weighted by Crippen LogP contribution is 2.23. The first-order valence-corrected chi connectivity index (χ1v) is 11.6. The van der Waals surface area contributed by atoms with Crippen molar-refractivity contribution in [2.75, 3.05) is 38.0 Å². The fraction of sp³-hybridized carbons (Fsp3) is 0.261. The molecular formula is C23H25N3O3S. The van der Waals surface area contributed by atoms with Crippen molar-refractivity contribution in [3.8, 4) is 0 Å². The van der Waals surface area contributed by atoms with E-state index in [1.165, 1.54) is 4.31 Å². The summed E-state index contributed by atoms with van der Waals surface area (Å²) in [5.74, 6) is -0.0815.